The van der Waals surface area contributed by atoms with Gasteiger partial charge in [0.1, 0.15) is 12.8 Å². The van der Waals surface area contributed by atoms with Crippen molar-refractivity contribution >= 4 is 23.0 Å². The molecule has 1 amide bonds. The molecule has 0 saturated heterocycles. The Bertz CT molecular complexity index is 840. The molecule has 31 heavy (non-hydrogen) atoms. The Hall–Kier alpha value is -2.84. The van der Waals surface area contributed by atoms with Gasteiger partial charge in [0.2, 0.25) is 5.91 Å². The topological polar surface area (TPSA) is 53.2 Å². The van der Waals surface area contributed by atoms with E-state index < -0.39 is 24.6 Å². The summed E-state index contributed by atoms with van der Waals surface area (Å²) in [5.41, 5.74) is 1.95. The average Bonchev–Trinajstić information content (AvgIpc) is 2.75. The fourth-order valence-electron chi connectivity index (χ4n) is 2.93. The third kappa shape index (κ3) is 8.07. The highest BCUT2D eigenvalue weighted by atomic mass is 19.4. The highest BCUT2D eigenvalue weighted by Crippen LogP contribution is 2.29. The molecule has 0 aliphatic rings. The van der Waals surface area contributed by atoms with E-state index in [1.54, 1.807) is 25.2 Å². The molecular formula is C22H26F5N3O. The Morgan fingerprint density at radius 3 is 2.35 bits per heavy atom. The lowest BCUT2D eigenvalue weighted by atomic mass is 10.1. The first kappa shape index (κ1) is 24.4. The fraction of sp³-hybridized carbons (Fsp3) is 0.409. The largest absolute Gasteiger partial charge is 0.416 e. The van der Waals surface area contributed by atoms with Crippen molar-refractivity contribution < 1.29 is 26.7 Å². The Balaban J connectivity index is 1.88. The van der Waals surface area contributed by atoms with Crippen LogP contribution in [0.5, 0.6) is 0 Å². The number of nitrogens with one attached hydrogen (secondary N) is 3. The van der Waals surface area contributed by atoms with Crippen LogP contribution in [0.3, 0.4) is 0 Å². The minimum absolute atomic E-state index is 0.102. The summed E-state index contributed by atoms with van der Waals surface area (Å²) in [7, 11) is 1.70. The van der Waals surface area contributed by atoms with Crippen LogP contribution in [0.2, 0.25) is 0 Å². The predicted octanol–water partition coefficient (Wildman–Crippen LogP) is 6.17. The number of hydrogen-bond donors (Lipinski definition) is 3. The molecule has 0 bridgehead atoms. The molecule has 0 heterocycles. The van der Waals surface area contributed by atoms with Crippen molar-refractivity contribution in [3.63, 3.8) is 0 Å². The first-order valence-corrected chi connectivity index (χ1v) is 9.94. The molecule has 9 heteroatoms. The maximum absolute atomic E-state index is 12.8. The lowest BCUT2D eigenvalue weighted by molar-refractivity contribution is -0.137. The van der Waals surface area contributed by atoms with Crippen molar-refractivity contribution in [2.45, 2.75) is 44.6 Å². The fourth-order valence-corrected chi connectivity index (χ4v) is 2.93. The van der Waals surface area contributed by atoms with E-state index in [1.807, 2.05) is 0 Å². The summed E-state index contributed by atoms with van der Waals surface area (Å²) >= 11 is 0. The highest BCUT2D eigenvalue weighted by molar-refractivity contribution is 5.94. The van der Waals surface area contributed by atoms with E-state index >= 15 is 0 Å². The van der Waals surface area contributed by atoms with E-state index in [9.17, 15) is 26.7 Å². The summed E-state index contributed by atoms with van der Waals surface area (Å²) in [6.07, 6.45) is -4.63. The normalized spacial score (nSPS) is 12.3. The maximum Gasteiger partial charge on any atom is 0.416 e. The molecule has 0 aliphatic carbocycles. The van der Waals surface area contributed by atoms with Crippen LogP contribution in [0, 0.1) is 0 Å². The van der Waals surface area contributed by atoms with Gasteiger partial charge in [0.15, 0.2) is 0 Å². The van der Waals surface area contributed by atoms with Gasteiger partial charge >= 0.3 is 6.18 Å². The first-order valence-electron chi connectivity index (χ1n) is 9.94. The standard InChI is InChI=1S/C22H26F5N3O/c1-28-20-12-18(29-14-15-6-8-16(9-7-15)22(25,26)27)10-11-19(20)30-21(31)5-3-2-4-17(24)13-23/h6-12,17,28-29H,2-5,13-14H2,1H3,(H,30,31)/t17-/m0/s1. The Morgan fingerprint density at radius 1 is 1.03 bits per heavy atom. The SMILES string of the molecule is CNc1cc(NCc2ccc(C(F)(F)F)cc2)ccc1NC(=O)CCCC[C@H](F)CF. The Morgan fingerprint density at radius 2 is 1.74 bits per heavy atom. The molecular weight excluding hydrogens is 417 g/mol. The summed E-state index contributed by atoms with van der Waals surface area (Å²) in [4.78, 5) is 12.1. The van der Waals surface area contributed by atoms with Gasteiger partial charge in [-0.15, -0.1) is 0 Å². The Kier molecular flexibility index (Phi) is 9.08. The van der Waals surface area contributed by atoms with Gasteiger partial charge in [0.05, 0.1) is 16.9 Å². The molecule has 2 rings (SSSR count). The minimum Gasteiger partial charge on any atom is -0.386 e. The predicted molar refractivity (Wildman–Crippen MR) is 113 cm³/mol. The van der Waals surface area contributed by atoms with E-state index in [2.05, 4.69) is 16.0 Å². The minimum atomic E-state index is -4.36. The van der Waals surface area contributed by atoms with E-state index in [1.165, 1.54) is 12.1 Å². The maximum atomic E-state index is 12.8. The highest BCUT2D eigenvalue weighted by Gasteiger charge is 2.29. The second-order valence-corrected chi connectivity index (χ2v) is 7.10. The summed E-state index contributed by atoms with van der Waals surface area (Å²) in [5, 5.41) is 8.90. The number of rotatable bonds is 11. The molecule has 170 valence electrons. The molecule has 1 atom stereocenters. The summed E-state index contributed by atoms with van der Waals surface area (Å²) < 4.78 is 62.8. The number of carbonyl (C=O) groups excluding carboxylic acids is 1. The van der Waals surface area contributed by atoms with Crippen LogP contribution in [0.4, 0.5) is 39.0 Å². The van der Waals surface area contributed by atoms with Crippen LogP contribution >= 0.6 is 0 Å². The average molecular weight is 443 g/mol. The van der Waals surface area contributed by atoms with Gasteiger partial charge < -0.3 is 16.0 Å². The molecule has 0 radical (unpaired) electrons. The van der Waals surface area contributed by atoms with Crippen LogP contribution in [-0.2, 0) is 17.5 Å². The van der Waals surface area contributed by atoms with Crippen LogP contribution < -0.4 is 16.0 Å². The van der Waals surface area contributed by atoms with Crippen molar-refractivity contribution in [3.05, 3.63) is 53.6 Å². The van der Waals surface area contributed by atoms with E-state index in [0.717, 1.165) is 17.8 Å². The smallest absolute Gasteiger partial charge is 0.386 e. The van der Waals surface area contributed by atoms with E-state index in [4.69, 9.17) is 0 Å². The van der Waals surface area contributed by atoms with Gasteiger partial charge in [-0.2, -0.15) is 13.2 Å². The van der Waals surface area contributed by atoms with Gasteiger partial charge in [-0.05, 0) is 55.2 Å². The molecule has 2 aromatic carbocycles. The first-order chi connectivity index (χ1) is 14.7. The van der Waals surface area contributed by atoms with Gasteiger partial charge in [0.25, 0.3) is 0 Å². The van der Waals surface area contributed by atoms with Gasteiger partial charge in [-0.25, -0.2) is 8.78 Å². The van der Waals surface area contributed by atoms with Gasteiger partial charge in [0, 0.05) is 25.7 Å². The van der Waals surface area contributed by atoms with Crippen LogP contribution in [0.25, 0.3) is 0 Å². The lowest BCUT2D eigenvalue weighted by Crippen LogP contribution is -2.13. The van der Waals surface area contributed by atoms with E-state index in [0.29, 0.717) is 36.3 Å². The quantitative estimate of drug-likeness (QED) is 0.288. The summed E-state index contributed by atoms with van der Waals surface area (Å²) in [5.74, 6) is -0.224. The monoisotopic (exact) mass is 443 g/mol. The van der Waals surface area contributed by atoms with Crippen LogP contribution in [-0.4, -0.2) is 25.8 Å². The number of anilines is 3. The zero-order chi connectivity index (χ0) is 22.9. The molecule has 3 N–H and O–H groups in total. The zero-order valence-electron chi connectivity index (χ0n) is 17.2. The molecule has 0 aliphatic heterocycles. The van der Waals surface area contributed by atoms with Crippen molar-refractivity contribution in [2.75, 3.05) is 29.7 Å². The number of carbonyl (C=O) groups is 1. The summed E-state index contributed by atoms with van der Waals surface area (Å²) in [6.45, 7) is -0.668. The lowest BCUT2D eigenvalue weighted by Gasteiger charge is -2.14. The van der Waals surface area contributed by atoms with Crippen molar-refractivity contribution in [1.29, 1.82) is 0 Å². The van der Waals surface area contributed by atoms with E-state index in [-0.39, 0.29) is 18.7 Å². The molecule has 0 unspecified atom stereocenters. The number of hydrogen-bond acceptors (Lipinski definition) is 3. The summed E-state index contributed by atoms with van der Waals surface area (Å²) in [6, 6.07) is 10.1. The number of amides is 1. The van der Waals surface area contributed by atoms with Crippen LogP contribution in [0.1, 0.15) is 36.8 Å². The van der Waals surface area contributed by atoms with Crippen molar-refractivity contribution in [1.82, 2.24) is 0 Å². The molecule has 0 fully saturated rings. The van der Waals surface area contributed by atoms with Gasteiger partial charge in [-0.1, -0.05) is 12.1 Å². The number of unbranched alkanes of at least 4 members (excludes halogenated alkanes) is 1. The second kappa shape index (κ2) is 11.5. The third-order valence-electron chi connectivity index (χ3n) is 4.68. The number of benzene rings is 2. The number of alkyl halides is 5. The van der Waals surface area contributed by atoms with Crippen LogP contribution in [0.15, 0.2) is 42.5 Å². The zero-order valence-corrected chi connectivity index (χ0v) is 17.2. The van der Waals surface area contributed by atoms with Crippen molar-refractivity contribution in [2.24, 2.45) is 0 Å². The molecule has 0 saturated carbocycles. The number of halogens is 5. The third-order valence-corrected chi connectivity index (χ3v) is 4.68. The second-order valence-electron chi connectivity index (χ2n) is 7.10. The molecule has 2 aromatic rings. The molecule has 0 aromatic heterocycles. The van der Waals surface area contributed by atoms with Crippen molar-refractivity contribution in [3.8, 4) is 0 Å². The molecule has 4 nitrogen and oxygen atoms in total. The Labute approximate surface area is 178 Å². The van der Waals surface area contributed by atoms with Gasteiger partial charge in [-0.3, -0.25) is 4.79 Å². The molecule has 0 spiro atoms.